The van der Waals surface area contributed by atoms with Crippen LogP contribution in [0.2, 0.25) is 0 Å². The molecule has 3 aromatic rings. The van der Waals surface area contributed by atoms with Crippen molar-refractivity contribution in [1.82, 2.24) is 9.97 Å². The lowest BCUT2D eigenvalue weighted by atomic mass is 10.0. The fourth-order valence-corrected chi connectivity index (χ4v) is 3.16. The number of rotatable bonds is 5. The maximum Gasteiger partial charge on any atom is 0.275 e. The number of hydrogen-bond acceptors (Lipinski definition) is 5. The minimum absolute atomic E-state index is 0.213. The van der Waals surface area contributed by atoms with E-state index in [4.69, 9.17) is 0 Å². The third-order valence-corrected chi connectivity index (χ3v) is 4.45. The molecule has 0 aliphatic carbocycles. The second kappa shape index (κ2) is 7.44. The lowest BCUT2D eigenvalue weighted by molar-refractivity contribution is 0.102. The van der Waals surface area contributed by atoms with Crippen LogP contribution in [-0.2, 0) is 0 Å². The Morgan fingerprint density at radius 3 is 2.64 bits per heavy atom. The van der Waals surface area contributed by atoms with Crippen molar-refractivity contribution in [3.05, 3.63) is 64.8 Å². The number of thiazole rings is 1. The molecule has 128 valence electrons. The van der Waals surface area contributed by atoms with E-state index in [1.54, 1.807) is 5.38 Å². The first-order valence-corrected chi connectivity index (χ1v) is 8.97. The van der Waals surface area contributed by atoms with E-state index in [0.717, 1.165) is 16.9 Å². The number of para-hydroxylation sites is 1. The van der Waals surface area contributed by atoms with Gasteiger partial charge in [0.25, 0.3) is 5.91 Å². The normalized spacial score (nSPS) is 10.7. The van der Waals surface area contributed by atoms with Gasteiger partial charge in [-0.25, -0.2) is 9.97 Å². The predicted octanol–water partition coefficient (Wildman–Crippen LogP) is 4.97. The number of nitrogens with zero attached hydrogens (tertiary/aromatic N) is 2. The van der Waals surface area contributed by atoms with Crippen molar-refractivity contribution in [3.8, 4) is 0 Å². The third-order valence-electron chi connectivity index (χ3n) is 3.69. The summed E-state index contributed by atoms with van der Waals surface area (Å²) >= 11 is 1.38. The molecular weight excluding hydrogens is 332 g/mol. The molecule has 2 heterocycles. The van der Waals surface area contributed by atoms with Gasteiger partial charge in [0.1, 0.15) is 11.5 Å². The molecule has 0 saturated heterocycles. The van der Waals surface area contributed by atoms with Gasteiger partial charge in [0.2, 0.25) is 0 Å². The van der Waals surface area contributed by atoms with Crippen molar-refractivity contribution in [3.63, 3.8) is 0 Å². The van der Waals surface area contributed by atoms with E-state index in [-0.39, 0.29) is 5.91 Å². The molecule has 0 aliphatic heterocycles. The fraction of sp³-hybridized carbons (Fsp3) is 0.211. The highest BCUT2D eigenvalue weighted by atomic mass is 32.1. The van der Waals surface area contributed by atoms with Crippen LogP contribution in [0.4, 0.5) is 16.6 Å². The number of anilines is 3. The molecule has 25 heavy (non-hydrogen) atoms. The van der Waals surface area contributed by atoms with E-state index < -0.39 is 0 Å². The summed E-state index contributed by atoms with van der Waals surface area (Å²) in [5, 5.41) is 8.47. The van der Waals surface area contributed by atoms with Crippen molar-refractivity contribution in [2.75, 3.05) is 10.6 Å². The third kappa shape index (κ3) is 4.22. The van der Waals surface area contributed by atoms with Gasteiger partial charge in [-0.1, -0.05) is 38.1 Å². The SMILES string of the molecule is Cc1cccc(Nc2nc(C(=O)Nc3ccccc3C(C)C)cs2)n1. The van der Waals surface area contributed by atoms with Gasteiger partial charge < -0.3 is 10.6 Å². The molecule has 0 spiro atoms. The molecular formula is C19H20N4OS. The lowest BCUT2D eigenvalue weighted by Crippen LogP contribution is -2.14. The first kappa shape index (κ1) is 17.1. The standard InChI is InChI=1S/C19H20N4OS/c1-12(2)14-8-4-5-9-15(14)21-18(24)16-11-25-19(22-16)23-17-10-6-7-13(3)20-17/h4-12H,1-3H3,(H,21,24)(H,20,22,23). The number of pyridine rings is 1. The second-order valence-electron chi connectivity index (χ2n) is 6.02. The van der Waals surface area contributed by atoms with Crippen molar-refractivity contribution in [2.45, 2.75) is 26.7 Å². The van der Waals surface area contributed by atoms with Crippen LogP contribution < -0.4 is 10.6 Å². The number of hydrogen-bond donors (Lipinski definition) is 2. The monoisotopic (exact) mass is 352 g/mol. The minimum atomic E-state index is -0.213. The van der Waals surface area contributed by atoms with E-state index in [1.165, 1.54) is 11.3 Å². The Morgan fingerprint density at radius 2 is 1.88 bits per heavy atom. The van der Waals surface area contributed by atoms with Gasteiger partial charge in [-0.2, -0.15) is 0 Å². The smallest absolute Gasteiger partial charge is 0.275 e. The average Bonchev–Trinajstić information content (AvgIpc) is 3.04. The van der Waals surface area contributed by atoms with Gasteiger partial charge in [0.05, 0.1) is 0 Å². The molecule has 3 rings (SSSR count). The molecule has 0 atom stereocenters. The van der Waals surface area contributed by atoms with Crippen molar-refractivity contribution in [1.29, 1.82) is 0 Å². The van der Waals surface area contributed by atoms with Crippen molar-refractivity contribution < 1.29 is 4.79 Å². The average molecular weight is 352 g/mol. The number of nitrogens with one attached hydrogen (secondary N) is 2. The number of carbonyl (C=O) groups is 1. The van der Waals surface area contributed by atoms with E-state index >= 15 is 0 Å². The van der Waals surface area contributed by atoms with Crippen LogP contribution >= 0.6 is 11.3 Å². The zero-order valence-electron chi connectivity index (χ0n) is 14.4. The van der Waals surface area contributed by atoms with Crippen LogP contribution in [0.15, 0.2) is 47.8 Å². The summed E-state index contributed by atoms with van der Waals surface area (Å²) in [7, 11) is 0. The van der Waals surface area contributed by atoms with Gasteiger partial charge in [-0.15, -0.1) is 11.3 Å². The van der Waals surface area contributed by atoms with Crippen LogP contribution in [0.5, 0.6) is 0 Å². The van der Waals surface area contributed by atoms with E-state index in [1.807, 2.05) is 49.4 Å². The fourth-order valence-electron chi connectivity index (χ4n) is 2.46. The molecule has 5 nitrogen and oxygen atoms in total. The van der Waals surface area contributed by atoms with E-state index in [9.17, 15) is 4.79 Å². The second-order valence-corrected chi connectivity index (χ2v) is 6.88. The highest BCUT2D eigenvalue weighted by Gasteiger charge is 2.14. The highest BCUT2D eigenvalue weighted by molar-refractivity contribution is 7.14. The molecule has 0 unspecified atom stereocenters. The molecule has 1 amide bonds. The number of aryl methyl sites for hydroxylation is 1. The Hall–Kier alpha value is -2.73. The van der Waals surface area contributed by atoms with Gasteiger partial charge in [-0.3, -0.25) is 4.79 Å². The van der Waals surface area contributed by atoms with Crippen molar-refractivity contribution in [2.24, 2.45) is 0 Å². The van der Waals surface area contributed by atoms with Crippen LogP contribution in [0, 0.1) is 6.92 Å². The van der Waals surface area contributed by atoms with E-state index in [2.05, 4.69) is 34.4 Å². The molecule has 0 saturated carbocycles. The molecule has 2 aromatic heterocycles. The molecule has 0 bridgehead atoms. The molecule has 0 radical (unpaired) electrons. The summed E-state index contributed by atoms with van der Waals surface area (Å²) in [6.07, 6.45) is 0. The maximum atomic E-state index is 12.5. The largest absolute Gasteiger partial charge is 0.320 e. The first-order chi connectivity index (χ1) is 12.0. The zero-order chi connectivity index (χ0) is 17.8. The summed E-state index contributed by atoms with van der Waals surface area (Å²) in [6, 6.07) is 13.6. The number of carbonyl (C=O) groups excluding carboxylic acids is 1. The van der Waals surface area contributed by atoms with Crippen LogP contribution in [0.3, 0.4) is 0 Å². The topological polar surface area (TPSA) is 66.9 Å². The maximum absolute atomic E-state index is 12.5. The Labute approximate surface area is 151 Å². The Bertz CT molecular complexity index is 888. The number of aromatic nitrogens is 2. The molecule has 0 aliphatic rings. The molecule has 0 fully saturated rings. The Morgan fingerprint density at radius 1 is 1.08 bits per heavy atom. The molecule has 2 N–H and O–H groups in total. The number of benzene rings is 1. The predicted molar refractivity (Wildman–Crippen MR) is 103 cm³/mol. The summed E-state index contributed by atoms with van der Waals surface area (Å²) in [5.74, 6) is 0.831. The lowest BCUT2D eigenvalue weighted by Gasteiger charge is -2.12. The summed E-state index contributed by atoms with van der Waals surface area (Å²) in [6.45, 7) is 6.13. The quantitative estimate of drug-likeness (QED) is 0.680. The number of amides is 1. The zero-order valence-corrected chi connectivity index (χ0v) is 15.2. The summed E-state index contributed by atoms with van der Waals surface area (Å²) in [4.78, 5) is 21.2. The van der Waals surface area contributed by atoms with Gasteiger partial charge >= 0.3 is 0 Å². The van der Waals surface area contributed by atoms with E-state index in [0.29, 0.717) is 22.6 Å². The summed E-state index contributed by atoms with van der Waals surface area (Å²) in [5.41, 5.74) is 3.24. The van der Waals surface area contributed by atoms with Crippen LogP contribution in [0.25, 0.3) is 0 Å². The van der Waals surface area contributed by atoms with Gasteiger partial charge in [0, 0.05) is 16.8 Å². The van der Waals surface area contributed by atoms with Gasteiger partial charge in [-0.05, 0) is 36.6 Å². The first-order valence-electron chi connectivity index (χ1n) is 8.09. The molecule has 6 heteroatoms. The summed E-state index contributed by atoms with van der Waals surface area (Å²) < 4.78 is 0. The highest BCUT2D eigenvalue weighted by Crippen LogP contribution is 2.25. The minimum Gasteiger partial charge on any atom is -0.320 e. The Kier molecular flexibility index (Phi) is 5.09. The van der Waals surface area contributed by atoms with Crippen molar-refractivity contribution >= 4 is 33.9 Å². The van der Waals surface area contributed by atoms with Crippen LogP contribution in [-0.4, -0.2) is 15.9 Å². The van der Waals surface area contributed by atoms with Crippen LogP contribution in [0.1, 0.15) is 41.5 Å². The molecule has 1 aromatic carbocycles. The Balaban J connectivity index is 1.73. The van der Waals surface area contributed by atoms with Gasteiger partial charge in [0.15, 0.2) is 5.13 Å².